The third-order valence-electron chi connectivity index (χ3n) is 0.756. The lowest BCUT2D eigenvalue weighted by atomic mass is 10.2. The van der Waals surface area contributed by atoms with Gasteiger partial charge >= 0.3 is 5.97 Å². The lowest BCUT2D eigenvalue weighted by molar-refractivity contribution is -0.137. The minimum atomic E-state index is -0.994. The Bertz CT molecular complexity index is 85.0. The lowest BCUT2D eigenvalue weighted by Gasteiger charge is -1.94. The Hall–Kier alpha value is -0.310. The average molecular weight is 157 g/mol. The third kappa shape index (κ3) is 11.3. The number of hydrogen-bond donors (Lipinski definition) is 1. The van der Waals surface area contributed by atoms with Gasteiger partial charge in [-0.2, -0.15) is 0 Å². The quantitative estimate of drug-likeness (QED) is 0.675. The van der Waals surface area contributed by atoms with Gasteiger partial charge in [0.25, 0.3) is 0 Å². The fourth-order valence-electron chi connectivity index (χ4n) is 0.322. The van der Waals surface area contributed by atoms with Crippen LogP contribution in [0.15, 0.2) is 0 Å². The molecule has 0 saturated heterocycles. The zero-order chi connectivity index (χ0) is 6.57. The highest BCUT2D eigenvalue weighted by molar-refractivity contribution is 5.85. The van der Waals surface area contributed by atoms with Crippen molar-refractivity contribution in [1.82, 2.24) is 0 Å². The fraction of sp³-hybridized carbons (Fsp3) is 0.800. The highest BCUT2D eigenvalue weighted by Gasteiger charge is 2.00. The predicted molar refractivity (Wildman–Crippen MR) is 34.7 cm³/mol. The summed E-state index contributed by atoms with van der Waals surface area (Å²) in [6.45, 7) is 1.35. The second kappa shape index (κ2) is 5.82. The standard InChI is InChI=1S/C5H9FO2.ClH/c1-4(6)2-3-5(7)8;/h4H,2-3H2,1H3,(H,7,8);1H. The highest BCUT2D eigenvalue weighted by Crippen LogP contribution is 1.98. The van der Waals surface area contributed by atoms with Crippen LogP contribution in [0, 0.1) is 0 Å². The smallest absolute Gasteiger partial charge is 0.303 e. The van der Waals surface area contributed by atoms with Crippen molar-refractivity contribution >= 4 is 18.4 Å². The molecule has 0 rings (SSSR count). The van der Waals surface area contributed by atoms with Crippen LogP contribution in [0.1, 0.15) is 19.8 Å². The van der Waals surface area contributed by atoms with E-state index in [4.69, 9.17) is 5.11 Å². The number of rotatable bonds is 3. The molecule has 0 radical (unpaired) electrons. The Kier molecular flexibility index (Phi) is 7.43. The normalized spacial score (nSPS) is 11.8. The Labute approximate surface area is 59.5 Å². The molecule has 1 atom stereocenters. The highest BCUT2D eigenvalue weighted by atomic mass is 35.5. The Balaban J connectivity index is 0. The molecule has 0 aromatic rings. The molecule has 0 saturated carbocycles. The van der Waals surface area contributed by atoms with Crippen LogP contribution in [0.3, 0.4) is 0 Å². The van der Waals surface area contributed by atoms with E-state index in [0.717, 1.165) is 0 Å². The number of carbonyl (C=O) groups is 1. The molecule has 0 aliphatic carbocycles. The number of aliphatic carboxylic acids is 1. The van der Waals surface area contributed by atoms with Gasteiger partial charge in [0.2, 0.25) is 0 Å². The van der Waals surface area contributed by atoms with Crippen LogP contribution in [-0.4, -0.2) is 17.2 Å². The first kappa shape index (κ1) is 11.5. The van der Waals surface area contributed by atoms with Gasteiger partial charge < -0.3 is 5.11 Å². The summed E-state index contributed by atoms with van der Waals surface area (Å²) in [6.07, 6.45) is -0.946. The third-order valence-corrected chi connectivity index (χ3v) is 0.756. The molecule has 4 heteroatoms. The van der Waals surface area contributed by atoms with Crippen LogP contribution in [-0.2, 0) is 4.79 Å². The van der Waals surface area contributed by atoms with Crippen molar-refractivity contribution < 1.29 is 14.3 Å². The van der Waals surface area contributed by atoms with Gasteiger partial charge in [-0.3, -0.25) is 4.79 Å². The molecule has 0 fully saturated rings. The van der Waals surface area contributed by atoms with Crippen LogP contribution in [0.25, 0.3) is 0 Å². The number of hydrogen-bond acceptors (Lipinski definition) is 1. The molecule has 1 N–H and O–H groups in total. The molecule has 0 spiro atoms. The molecule has 0 aliphatic rings. The van der Waals surface area contributed by atoms with Crippen LogP contribution >= 0.6 is 12.4 Å². The van der Waals surface area contributed by atoms with E-state index in [9.17, 15) is 9.18 Å². The van der Waals surface area contributed by atoms with Crippen molar-refractivity contribution in [2.45, 2.75) is 25.9 Å². The predicted octanol–water partition coefficient (Wildman–Crippen LogP) is 1.63. The van der Waals surface area contributed by atoms with E-state index in [1.165, 1.54) is 6.92 Å². The van der Waals surface area contributed by atoms with Crippen molar-refractivity contribution in [3.8, 4) is 0 Å². The van der Waals surface area contributed by atoms with Crippen LogP contribution in [0.2, 0.25) is 0 Å². The summed E-state index contributed by atoms with van der Waals surface area (Å²) >= 11 is 0. The molecular weight excluding hydrogens is 147 g/mol. The molecule has 0 aromatic heterocycles. The number of carboxylic acids is 1. The van der Waals surface area contributed by atoms with Crippen LogP contribution in [0.4, 0.5) is 4.39 Å². The summed E-state index contributed by atoms with van der Waals surface area (Å²) < 4.78 is 11.8. The molecule has 9 heavy (non-hydrogen) atoms. The van der Waals surface area contributed by atoms with Crippen LogP contribution in [0.5, 0.6) is 0 Å². The number of alkyl halides is 1. The first-order valence-electron chi connectivity index (χ1n) is 2.49. The van der Waals surface area contributed by atoms with Gasteiger partial charge in [-0.05, 0) is 13.3 Å². The van der Waals surface area contributed by atoms with E-state index >= 15 is 0 Å². The zero-order valence-electron chi connectivity index (χ0n) is 5.13. The van der Waals surface area contributed by atoms with E-state index in [-0.39, 0.29) is 25.2 Å². The molecule has 0 aromatic carbocycles. The van der Waals surface area contributed by atoms with Crippen LogP contribution < -0.4 is 0 Å². The van der Waals surface area contributed by atoms with E-state index < -0.39 is 12.1 Å². The molecule has 1 unspecified atom stereocenters. The van der Waals surface area contributed by atoms with Gasteiger partial charge in [-0.1, -0.05) is 0 Å². The first-order valence-corrected chi connectivity index (χ1v) is 2.49. The maximum Gasteiger partial charge on any atom is 0.303 e. The summed E-state index contributed by atoms with van der Waals surface area (Å²) in [5.41, 5.74) is 0. The van der Waals surface area contributed by atoms with Gasteiger partial charge in [0.15, 0.2) is 0 Å². The van der Waals surface area contributed by atoms with E-state index in [1.807, 2.05) is 0 Å². The molecular formula is C5H10ClFO2. The monoisotopic (exact) mass is 156 g/mol. The summed E-state index contributed by atoms with van der Waals surface area (Å²) in [5.74, 6) is -0.936. The van der Waals surface area contributed by atoms with Gasteiger partial charge in [-0.25, -0.2) is 4.39 Å². The van der Waals surface area contributed by atoms with Crippen molar-refractivity contribution in [1.29, 1.82) is 0 Å². The fourth-order valence-corrected chi connectivity index (χ4v) is 0.322. The topological polar surface area (TPSA) is 37.3 Å². The Morgan fingerprint density at radius 3 is 2.33 bits per heavy atom. The molecule has 0 amide bonds. The van der Waals surface area contributed by atoms with Crippen molar-refractivity contribution in [2.75, 3.05) is 0 Å². The van der Waals surface area contributed by atoms with Crippen molar-refractivity contribution in [3.63, 3.8) is 0 Å². The van der Waals surface area contributed by atoms with E-state index in [1.54, 1.807) is 0 Å². The van der Waals surface area contributed by atoms with Gasteiger partial charge in [0, 0.05) is 6.42 Å². The Morgan fingerprint density at radius 2 is 2.22 bits per heavy atom. The molecule has 2 nitrogen and oxygen atoms in total. The summed E-state index contributed by atoms with van der Waals surface area (Å²) in [5, 5.41) is 8.00. The van der Waals surface area contributed by atoms with Crippen molar-refractivity contribution in [2.24, 2.45) is 0 Å². The van der Waals surface area contributed by atoms with Gasteiger partial charge in [-0.15, -0.1) is 12.4 Å². The molecule has 0 heterocycles. The maximum atomic E-state index is 11.8. The second-order valence-corrected chi connectivity index (χ2v) is 1.71. The number of halogens is 2. The maximum absolute atomic E-state index is 11.8. The molecule has 0 aliphatic heterocycles. The summed E-state index contributed by atoms with van der Waals surface area (Å²) in [7, 11) is 0. The Morgan fingerprint density at radius 1 is 1.78 bits per heavy atom. The number of carboxylic acid groups (broad SMARTS) is 1. The molecule has 56 valence electrons. The average Bonchev–Trinajstić information content (AvgIpc) is 1.61. The minimum absolute atomic E-state index is 0. The van der Waals surface area contributed by atoms with Gasteiger partial charge in [0.05, 0.1) is 6.17 Å². The zero-order valence-corrected chi connectivity index (χ0v) is 5.95. The second-order valence-electron chi connectivity index (χ2n) is 1.71. The first-order chi connectivity index (χ1) is 3.63. The van der Waals surface area contributed by atoms with Gasteiger partial charge in [0.1, 0.15) is 0 Å². The molecule has 0 bridgehead atoms. The summed E-state index contributed by atoms with van der Waals surface area (Å²) in [4.78, 5) is 9.74. The largest absolute Gasteiger partial charge is 0.481 e. The van der Waals surface area contributed by atoms with E-state index in [0.29, 0.717) is 0 Å². The summed E-state index contributed by atoms with van der Waals surface area (Å²) in [6, 6.07) is 0. The SMILES string of the molecule is CC(F)CCC(=O)O.Cl. The minimum Gasteiger partial charge on any atom is -0.481 e. The van der Waals surface area contributed by atoms with E-state index in [2.05, 4.69) is 0 Å². The lowest BCUT2D eigenvalue weighted by Crippen LogP contribution is -1.99. The van der Waals surface area contributed by atoms with Crippen molar-refractivity contribution in [3.05, 3.63) is 0 Å².